The smallest absolute Gasteiger partial charge is 0.337 e. The number of halogens is 1. The zero-order chi connectivity index (χ0) is 26.2. The van der Waals surface area contributed by atoms with Gasteiger partial charge in [0.1, 0.15) is 5.75 Å². The molecule has 1 aromatic heterocycles. The Morgan fingerprint density at radius 3 is 2.42 bits per heavy atom. The summed E-state index contributed by atoms with van der Waals surface area (Å²) in [6, 6.07) is 14.6. The average Bonchev–Trinajstić information content (AvgIpc) is 2.85. The molecule has 0 aliphatic carbocycles. The summed E-state index contributed by atoms with van der Waals surface area (Å²) in [6.07, 6.45) is 1.76. The van der Waals surface area contributed by atoms with E-state index in [1.807, 2.05) is 31.2 Å². The number of carboxylic acids is 1. The van der Waals surface area contributed by atoms with Crippen molar-refractivity contribution in [1.82, 2.24) is 20.1 Å². The molecule has 0 saturated heterocycles. The van der Waals surface area contributed by atoms with E-state index >= 15 is 0 Å². The number of nitrogens with one attached hydrogen (secondary N) is 1. The second kappa shape index (κ2) is 11.8. The minimum Gasteiger partial charge on any atom is -0.478 e. The number of aromatic nitrogens is 1. The van der Waals surface area contributed by atoms with Crippen LogP contribution in [0.1, 0.15) is 21.5 Å². The van der Waals surface area contributed by atoms with E-state index < -0.39 is 12.0 Å². The van der Waals surface area contributed by atoms with Crippen LogP contribution < -0.4 is 10.1 Å². The Balaban J connectivity index is 1.87. The van der Waals surface area contributed by atoms with Crippen molar-refractivity contribution in [3.05, 3.63) is 82.5 Å². The van der Waals surface area contributed by atoms with E-state index in [4.69, 9.17) is 21.4 Å². The molecule has 1 heterocycles. The number of carbonyl (C=O) groups excluding carboxylic acids is 2. The van der Waals surface area contributed by atoms with Crippen LogP contribution in [0.15, 0.2) is 65.8 Å². The van der Waals surface area contributed by atoms with Crippen molar-refractivity contribution in [3.8, 4) is 11.6 Å². The van der Waals surface area contributed by atoms with Gasteiger partial charge in [-0.3, -0.25) is 15.0 Å². The summed E-state index contributed by atoms with van der Waals surface area (Å²) in [7, 11) is 3.14. The molecule has 186 valence electrons. The third kappa shape index (κ3) is 7.03. The van der Waals surface area contributed by atoms with E-state index in [2.05, 4.69) is 15.3 Å². The number of hydrogen-bond donors (Lipinski definition) is 2. The fourth-order valence-corrected chi connectivity index (χ4v) is 3.08. The van der Waals surface area contributed by atoms with Gasteiger partial charge in [0.05, 0.1) is 22.8 Å². The van der Waals surface area contributed by atoms with Gasteiger partial charge < -0.3 is 14.7 Å². The van der Waals surface area contributed by atoms with Gasteiger partial charge in [-0.2, -0.15) is 0 Å². The summed E-state index contributed by atoms with van der Waals surface area (Å²) in [5.41, 5.74) is 2.31. The molecule has 0 fully saturated rings. The number of guanidine groups is 1. The van der Waals surface area contributed by atoms with Crippen molar-refractivity contribution >= 4 is 41.7 Å². The number of ether oxygens (including phenoxy) is 1. The molecule has 2 aromatic carbocycles. The Labute approximate surface area is 212 Å². The van der Waals surface area contributed by atoms with Crippen LogP contribution in [-0.4, -0.2) is 58.4 Å². The van der Waals surface area contributed by atoms with E-state index in [1.165, 1.54) is 34.2 Å². The van der Waals surface area contributed by atoms with Crippen LogP contribution in [0.4, 0.5) is 10.5 Å². The van der Waals surface area contributed by atoms with Crippen LogP contribution in [0.5, 0.6) is 11.6 Å². The van der Waals surface area contributed by atoms with Crippen molar-refractivity contribution in [1.29, 1.82) is 0 Å². The molecule has 0 bridgehead atoms. The minimum atomic E-state index is -1.10. The predicted molar refractivity (Wildman–Crippen MR) is 135 cm³/mol. The maximum atomic E-state index is 12.4. The van der Waals surface area contributed by atoms with Crippen molar-refractivity contribution in [2.75, 3.05) is 14.1 Å². The van der Waals surface area contributed by atoms with Crippen molar-refractivity contribution < 1.29 is 24.2 Å². The zero-order valence-corrected chi connectivity index (χ0v) is 20.6. The second-order valence-electron chi connectivity index (χ2n) is 7.89. The largest absolute Gasteiger partial charge is 0.478 e. The molecule has 2 N–H and O–H groups in total. The fraction of sp³-hybridized carbons (Fsp3) is 0.160. The van der Waals surface area contributed by atoms with Crippen molar-refractivity contribution in [2.45, 2.75) is 13.5 Å². The maximum Gasteiger partial charge on any atom is 0.337 e. The molecule has 0 unspecified atom stereocenters. The molecule has 0 aliphatic heterocycles. The highest BCUT2D eigenvalue weighted by Crippen LogP contribution is 2.32. The van der Waals surface area contributed by atoms with Gasteiger partial charge in [0, 0.05) is 26.4 Å². The molecule has 3 aromatic rings. The van der Waals surface area contributed by atoms with Crippen LogP contribution >= 0.6 is 11.6 Å². The first-order valence-electron chi connectivity index (χ1n) is 10.7. The lowest BCUT2D eigenvalue weighted by Crippen LogP contribution is -2.46. The summed E-state index contributed by atoms with van der Waals surface area (Å²) < 4.78 is 5.63. The quantitative estimate of drug-likeness (QED) is 0.275. The summed E-state index contributed by atoms with van der Waals surface area (Å²) >= 11 is 6.36. The number of aromatic carboxylic acids is 1. The van der Waals surface area contributed by atoms with E-state index in [0.717, 1.165) is 11.1 Å². The van der Waals surface area contributed by atoms with Gasteiger partial charge in [-0.1, -0.05) is 41.4 Å². The molecule has 3 amide bonds. The highest BCUT2D eigenvalue weighted by Gasteiger charge is 2.17. The summed E-state index contributed by atoms with van der Waals surface area (Å²) in [5.74, 6) is -0.669. The minimum absolute atomic E-state index is 0.0138. The number of carboxylic acid groups (broad SMARTS) is 1. The SMILES string of the molecule is Cc1ccc(CN(C=O)C(=Nc2ccc(Oc3ccc(C(=O)O)cn3)c(Cl)c2)NC(=O)N(C)C)cc1. The van der Waals surface area contributed by atoms with Gasteiger partial charge in [-0.05, 0) is 36.8 Å². The number of hydrogen-bond acceptors (Lipinski definition) is 6. The Morgan fingerprint density at radius 2 is 1.86 bits per heavy atom. The number of urea groups is 1. The molecular weight excluding hydrogens is 486 g/mol. The number of amides is 3. The molecule has 0 saturated carbocycles. The first-order valence-corrected chi connectivity index (χ1v) is 11.1. The number of carbonyl (C=O) groups is 3. The topological polar surface area (TPSA) is 124 Å². The molecule has 0 spiro atoms. The van der Waals surface area contributed by atoms with Crippen LogP contribution in [0.25, 0.3) is 0 Å². The third-order valence-corrected chi connectivity index (χ3v) is 5.14. The van der Waals surface area contributed by atoms with Gasteiger partial charge in [0.25, 0.3) is 0 Å². The van der Waals surface area contributed by atoms with Crippen molar-refractivity contribution in [3.63, 3.8) is 0 Å². The van der Waals surface area contributed by atoms with E-state index in [0.29, 0.717) is 12.1 Å². The highest BCUT2D eigenvalue weighted by molar-refractivity contribution is 6.32. The first-order chi connectivity index (χ1) is 17.2. The van der Waals surface area contributed by atoms with E-state index in [9.17, 15) is 14.4 Å². The second-order valence-corrected chi connectivity index (χ2v) is 8.29. The van der Waals surface area contributed by atoms with Crippen LogP contribution in [-0.2, 0) is 11.3 Å². The van der Waals surface area contributed by atoms with Gasteiger partial charge in [-0.15, -0.1) is 0 Å². The van der Waals surface area contributed by atoms with Crippen molar-refractivity contribution in [2.24, 2.45) is 4.99 Å². The predicted octanol–water partition coefficient (Wildman–Crippen LogP) is 4.45. The van der Waals surface area contributed by atoms with Crippen LogP contribution in [0.2, 0.25) is 5.02 Å². The first kappa shape index (κ1) is 26.2. The van der Waals surface area contributed by atoms with Gasteiger partial charge >= 0.3 is 12.0 Å². The number of nitrogens with zero attached hydrogens (tertiary/aromatic N) is 4. The summed E-state index contributed by atoms with van der Waals surface area (Å²) in [4.78, 5) is 46.2. The monoisotopic (exact) mass is 509 g/mol. The maximum absolute atomic E-state index is 12.4. The average molecular weight is 510 g/mol. The van der Waals surface area contributed by atoms with Crippen LogP contribution in [0, 0.1) is 6.92 Å². The molecule has 0 aliphatic rings. The zero-order valence-electron chi connectivity index (χ0n) is 19.8. The van der Waals surface area contributed by atoms with Gasteiger partial charge in [0.15, 0.2) is 0 Å². The Kier molecular flexibility index (Phi) is 8.58. The Hall–Kier alpha value is -4.44. The standard InChI is InChI=1S/C25H24ClN5O5/c1-16-4-6-17(7-5-16)14-31(15-32)24(29-25(35)30(2)3)28-19-9-10-21(20(26)12-19)36-22-11-8-18(13-27-22)23(33)34/h4-13,15H,14H2,1-3H3,(H,33,34)(H,28,29,35). The molecular formula is C25H24ClN5O5. The number of pyridine rings is 1. The lowest BCUT2D eigenvalue weighted by atomic mass is 10.1. The Morgan fingerprint density at radius 1 is 1.14 bits per heavy atom. The Bertz CT molecular complexity index is 1280. The number of benzene rings is 2. The number of aliphatic imine (C=N–C) groups is 1. The fourth-order valence-electron chi connectivity index (χ4n) is 2.87. The molecule has 0 atom stereocenters. The highest BCUT2D eigenvalue weighted by atomic mass is 35.5. The van der Waals surface area contributed by atoms with Gasteiger partial charge in [0.2, 0.25) is 18.2 Å². The molecule has 0 radical (unpaired) electrons. The molecule has 11 heteroatoms. The summed E-state index contributed by atoms with van der Waals surface area (Å²) in [5, 5.41) is 11.8. The number of aryl methyl sites for hydroxylation is 1. The van der Waals surface area contributed by atoms with E-state index in [-0.39, 0.29) is 34.7 Å². The summed E-state index contributed by atoms with van der Waals surface area (Å²) in [6.45, 7) is 2.15. The van der Waals surface area contributed by atoms with E-state index in [1.54, 1.807) is 26.2 Å². The molecule has 10 nitrogen and oxygen atoms in total. The van der Waals surface area contributed by atoms with Gasteiger partial charge in [-0.25, -0.2) is 19.6 Å². The third-order valence-electron chi connectivity index (χ3n) is 4.85. The molecule has 36 heavy (non-hydrogen) atoms. The normalized spacial score (nSPS) is 10.9. The lowest BCUT2D eigenvalue weighted by molar-refractivity contribution is -0.115. The molecule has 3 rings (SSSR count). The van der Waals surface area contributed by atoms with Crippen LogP contribution in [0.3, 0.4) is 0 Å². The lowest BCUT2D eigenvalue weighted by Gasteiger charge is -2.22. The number of rotatable bonds is 7.